The highest BCUT2D eigenvalue weighted by Crippen LogP contribution is 2.14. The van der Waals surface area contributed by atoms with E-state index in [1.165, 1.54) is 0 Å². The van der Waals surface area contributed by atoms with E-state index in [4.69, 9.17) is 0 Å². The van der Waals surface area contributed by atoms with Crippen LogP contribution in [0.5, 0.6) is 0 Å². The van der Waals surface area contributed by atoms with Crippen molar-refractivity contribution in [2.45, 2.75) is 20.3 Å². The van der Waals surface area contributed by atoms with Crippen molar-refractivity contribution in [3.05, 3.63) is 89.5 Å². The average molecular weight is 386 g/mol. The highest BCUT2D eigenvalue weighted by molar-refractivity contribution is 5.93. The van der Waals surface area contributed by atoms with Crippen LogP contribution in [0, 0.1) is 13.8 Å². The van der Waals surface area contributed by atoms with Gasteiger partial charge in [0, 0.05) is 12.7 Å². The second kappa shape index (κ2) is 8.10. The Kier molecular flexibility index (Phi) is 5.20. The van der Waals surface area contributed by atoms with Crippen molar-refractivity contribution < 1.29 is 4.79 Å². The van der Waals surface area contributed by atoms with Crippen molar-refractivity contribution in [3.63, 3.8) is 0 Å². The number of carbonyl (C=O) groups is 1. The normalized spacial score (nSPS) is 10.8. The lowest BCUT2D eigenvalue weighted by Gasteiger charge is -2.05. The maximum absolute atomic E-state index is 12.5. The van der Waals surface area contributed by atoms with Gasteiger partial charge in [0.1, 0.15) is 0 Å². The fraction of sp³-hybridized carbons (Fsp3) is 0.182. The Morgan fingerprint density at radius 2 is 1.83 bits per heavy atom. The maximum atomic E-state index is 12.5. The number of carbonyl (C=O) groups excluding carboxylic acids is 1. The fourth-order valence-corrected chi connectivity index (χ4v) is 3.16. The van der Waals surface area contributed by atoms with E-state index in [0.29, 0.717) is 24.4 Å². The van der Waals surface area contributed by atoms with E-state index in [1.54, 1.807) is 4.68 Å². The molecule has 2 aromatic carbocycles. The first-order valence-corrected chi connectivity index (χ1v) is 9.48. The van der Waals surface area contributed by atoms with Crippen molar-refractivity contribution in [2.75, 3.05) is 6.54 Å². The summed E-state index contributed by atoms with van der Waals surface area (Å²) in [6.45, 7) is 4.36. The molecule has 0 aliphatic carbocycles. The van der Waals surface area contributed by atoms with Gasteiger partial charge >= 0.3 is 0 Å². The number of hydrogen-bond acceptors (Lipinski definition) is 4. The molecule has 2 aromatic heterocycles. The quantitative estimate of drug-likeness (QED) is 0.552. The molecule has 7 heteroatoms. The van der Waals surface area contributed by atoms with Crippen molar-refractivity contribution >= 4 is 5.91 Å². The first-order chi connectivity index (χ1) is 14.1. The third kappa shape index (κ3) is 4.08. The molecule has 4 rings (SSSR count). The third-order valence-corrected chi connectivity index (χ3v) is 4.71. The summed E-state index contributed by atoms with van der Waals surface area (Å²) in [7, 11) is 0. The smallest absolute Gasteiger partial charge is 0.273 e. The number of amides is 1. The molecule has 0 bridgehead atoms. The molecule has 4 aromatic rings. The Morgan fingerprint density at radius 1 is 1.03 bits per heavy atom. The molecular formula is C22H22N6O. The zero-order valence-corrected chi connectivity index (χ0v) is 16.4. The second-order valence-corrected chi connectivity index (χ2v) is 6.91. The molecule has 0 saturated carbocycles. The van der Waals surface area contributed by atoms with E-state index in [1.807, 2.05) is 85.5 Å². The molecule has 0 atom stereocenters. The first kappa shape index (κ1) is 18.6. The van der Waals surface area contributed by atoms with Crippen LogP contribution in [0.3, 0.4) is 0 Å². The van der Waals surface area contributed by atoms with Gasteiger partial charge in [-0.2, -0.15) is 5.10 Å². The van der Waals surface area contributed by atoms with Crippen LogP contribution in [0.2, 0.25) is 0 Å². The Bertz CT molecular complexity index is 1130. The van der Waals surface area contributed by atoms with Crippen LogP contribution in [0.4, 0.5) is 0 Å². The van der Waals surface area contributed by atoms with Crippen LogP contribution in [-0.4, -0.2) is 37.2 Å². The molecule has 7 nitrogen and oxygen atoms in total. The predicted molar refractivity (Wildman–Crippen MR) is 110 cm³/mol. The highest BCUT2D eigenvalue weighted by Gasteiger charge is 2.17. The number of nitrogens with one attached hydrogen (secondary N) is 1. The Balaban J connectivity index is 1.38. The lowest BCUT2D eigenvalue weighted by atomic mass is 10.2. The van der Waals surface area contributed by atoms with E-state index < -0.39 is 0 Å². The standard InChI is InChI=1S/C22H22N6O/c1-16-7-6-10-20(13-16)28-17(2)21(25-26-28)22(29)23-12-11-18-14-24-27(15-18)19-8-4-3-5-9-19/h3-10,13-15H,11-12H2,1-2H3,(H,23,29). The summed E-state index contributed by atoms with van der Waals surface area (Å²) in [4.78, 5) is 12.5. The summed E-state index contributed by atoms with van der Waals surface area (Å²) in [5, 5.41) is 15.5. The summed E-state index contributed by atoms with van der Waals surface area (Å²) < 4.78 is 3.51. The summed E-state index contributed by atoms with van der Waals surface area (Å²) in [5.41, 5.74) is 5.12. The number of nitrogens with zero attached hydrogens (tertiary/aromatic N) is 5. The molecule has 2 heterocycles. The molecule has 1 amide bonds. The van der Waals surface area contributed by atoms with E-state index in [9.17, 15) is 4.79 Å². The molecule has 0 fully saturated rings. The Labute approximate surface area is 169 Å². The zero-order valence-electron chi connectivity index (χ0n) is 16.4. The fourth-order valence-electron chi connectivity index (χ4n) is 3.16. The van der Waals surface area contributed by atoms with Crippen molar-refractivity contribution in [3.8, 4) is 11.4 Å². The SMILES string of the molecule is Cc1cccc(-n2nnc(C(=O)NCCc3cnn(-c4ccccc4)c3)c2C)c1. The molecule has 0 saturated heterocycles. The van der Waals surface area contributed by atoms with Crippen molar-refractivity contribution in [1.82, 2.24) is 30.1 Å². The lowest BCUT2D eigenvalue weighted by molar-refractivity contribution is 0.0948. The lowest BCUT2D eigenvalue weighted by Crippen LogP contribution is -2.26. The number of para-hydroxylation sites is 1. The minimum atomic E-state index is -0.225. The molecule has 29 heavy (non-hydrogen) atoms. The van der Waals surface area contributed by atoms with Crippen LogP contribution >= 0.6 is 0 Å². The van der Waals surface area contributed by atoms with Crippen LogP contribution < -0.4 is 5.32 Å². The minimum Gasteiger partial charge on any atom is -0.350 e. The Morgan fingerprint density at radius 3 is 2.62 bits per heavy atom. The van der Waals surface area contributed by atoms with E-state index in [-0.39, 0.29) is 5.91 Å². The van der Waals surface area contributed by atoms with Gasteiger partial charge in [0.05, 0.1) is 23.3 Å². The van der Waals surface area contributed by atoms with Crippen LogP contribution in [0.15, 0.2) is 67.0 Å². The zero-order chi connectivity index (χ0) is 20.2. The van der Waals surface area contributed by atoms with Crippen LogP contribution in [-0.2, 0) is 6.42 Å². The van der Waals surface area contributed by atoms with Crippen LogP contribution in [0.1, 0.15) is 27.3 Å². The topological polar surface area (TPSA) is 77.6 Å². The van der Waals surface area contributed by atoms with Crippen molar-refractivity contribution in [1.29, 1.82) is 0 Å². The number of aryl methyl sites for hydroxylation is 1. The monoisotopic (exact) mass is 386 g/mol. The summed E-state index contributed by atoms with van der Waals surface area (Å²) in [5.74, 6) is -0.225. The van der Waals surface area contributed by atoms with Gasteiger partial charge in [-0.15, -0.1) is 5.10 Å². The summed E-state index contributed by atoms with van der Waals surface area (Å²) >= 11 is 0. The average Bonchev–Trinajstić information content (AvgIpc) is 3.35. The van der Waals surface area contributed by atoms with Gasteiger partial charge in [0.15, 0.2) is 5.69 Å². The number of hydrogen-bond donors (Lipinski definition) is 1. The summed E-state index contributed by atoms with van der Waals surface area (Å²) in [6.07, 6.45) is 4.48. The second-order valence-electron chi connectivity index (χ2n) is 6.91. The number of aromatic nitrogens is 5. The van der Waals surface area contributed by atoms with Gasteiger partial charge in [0.2, 0.25) is 0 Å². The number of rotatable bonds is 6. The molecule has 0 aliphatic heterocycles. The first-order valence-electron chi connectivity index (χ1n) is 9.48. The van der Waals surface area contributed by atoms with Gasteiger partial charge in [0.25, 0.3) is 5.91 Å². The van der Waals surface area contributed by atoms with Gasteiger partial charge in [-0.05, 0) is 55.7 Å². The number of benzene rings is 2. The molecule has 0 spiro atoms. The van der Waals surface area contributed by atoms with Gasteiger partial charge in [-0.1, -0.05) is 35.5 Å². The molecule has 0 radical (unpaired) electrons. The summed E-state index contributed by atoms with van der Waals surface area (Å²) in [6, 6.07) is 17.9. The molecular weight excluding hydrogens is 364 g/mol. The maximum Gasteiger partial charge on any atom is 0.273 e. The van der Waals surface area contributed by atoms with Gasteiger partial charge in [-0.3, -0.25) is 4.79 Å². The molecule has 1 N–H and O–H groups in total. The predicted octanol–water partition coefficient (Wildman–Crippen LogP) is 3.04. The third-order valence-electron chi connectivity index (χ3n) is 4.71. The Hall–Kier alpha value is -3.74. The van der Waals surface area contributed by atoms with Gasteiger partial charge in [-0.25, -0.2) is 9.36 Å². The molecule has 0 aliphatic rings. The van der Waals surface area contributed by atoms with E-state index >= 15 is 0 Å². The molecule has 0 unspecified atom stereocenters. The van der Waals surface area contributed by atoms with Crippen LogP contribution in [0.25, 0.3) is 11.4 Å². The van der Waals surface area contributed by atoms with Gasteiger partial charge < -0.3 is 5.32 Å². The van der Waals surface area contributed by atoms with Crippen molar-refractivity contribution in [2.24, 2.45) is 0 Å². The minimum absolute atomic E-state index is 0.225. The molecule has 146 valence electrons. The largest absolute Gasteiger partial charge is 0.350 e. The van der Waals surface area contributed by atoms with E-state index in [2.05, 4.69) is 20.7 Å². The van der Waals surface area contributed by atoms with E-state index in [0.717, 1.165) is 22.5 Å². The highest BCUT2D eigenvalue weighted by atomic mass is 16.2.